The van der Waals surface area contributed by atoms with Crippen LogP contribution in [0.3, 0.4) is 0 Å². The van der Waals surface area contributed by atoms with Gasteiger partial charge in [0.05, 0.1) is 19.1 Å². The molecule has 2 heterocycles. The van der Waals surface area contributed by atoms with Crippen molar-refractivity contribution in [1.29, 1.82) is 0 Å². The highest BCUT2D eigenvalue weighted by atomic mass is 32.2. The third kappa shape index (κ3) is 3.41. The van der Waals surface area contributed by atoms with Gasteiger partial charge in [-0.15, -0.1) is 10.2 Å². The number of aryl methyl sites for hydroxylation is 1. The van der Waals surface area contributed by atoms with Crippen molar-refractivity contribution in [2.24, 2.45) is 0 Å². The first kappa shape index (κ1) is 18.7. The first-order valence-electron chi connectivity index (χ1n) is 8.61. The number of sulfonamides is 1. The van der Waals surface area contributed by atoms with E-state index in [1.807, 2.05) is 6.92 Å². The summed E-state index contributed by atoms with van der Waals surface area (Å²) in [5.74, 6) is 1.84. The third-order valence-electron chi connectivity index (χ3n) is 4.77. The van der Waals surface area contributed by atoms with Crippen LogP contribution in [-0.4, -0.2) is 54.8 Å². The average molecular weight is 380 g/mol. The first-order chi connectivity index (χ1) is 12.5. The van der Waals surface area contributed by atoms with Crippen molar-refractivity contribution < 1.29 is 17.9 Å². The fourth-order valence-corrected chi connectivity index (χ4v) is 4.80. The fraction of sp³-hybridized carbons (Fsp3) is 0.529. The molecule has 0 spiro atoms. The summed E-state index contributed by atoms with van der Waals surface area (Å²) in [6.07, 6.45) is 4.02. The van der Waals surface area contributed by atoms with Crippen molar-refractivity contribution in [2.75, 3.05) is 27.3 Å². The molecule has 0 radical (unpaired) electrons. The summed E-state index contributed by atoms with van der Waals surface area (Å²) in [5, 5.41) is 8.09. The Kier molecular flexibility index (Phi) is 5.47. The van der Waals surface area contributed by atoms with E-state index in [1.165, 1.54) is 24.6 Å². The number of aromatic nitrogens is 3. The van der Waals surface area contributed by atoms with Gasteiger partial charge in [0.25, 0.3) is 0 Å². The van der Waals surface area contributed by atoms with E-state index in [0.29, 0.717) is 24.6 Å². The monoisotopic (exact) mass is 380 g/mol. The van der Waals surface area contributed by atoms with Crippen LogP contribution in [0.5, 0.6) is 11.5 Å². The minimum atomic E-state index is -3.57. The van der Waals surface area contributed by atoms with Crippen LogP contribution in [0.15, 0.2) is 29.4 Å². The predicted molar refractivity (Wildman–Crippen MR) is 96.0 cm³/mol. The molecule has 26 heavy (non-hydrogen) atoms. The summed E-state index contributed by atoms with van der Waals surface area (Å²) in [5.41, 5.74) is 0. The van der Waals surface area contributed by atoms with Crippen LogP contribution in [0.1, 0.15) is 31.6 Å². The molecule has 0 bridgehead atoms. The smallest absolute Gasteiger partial charge is 0.243 e. The number of ether oxygens (including phenoxy) is 2. The molecule has 9 heteroatoms. The average Bonchev–Trinajstić information content (AvgIpc) is 3.16. The molecule has 0 N–H and O–H groups in total. The van der Waals surface area contributed by atoms with E-state index in [4.69, 9.17) is 9.47 Å². The molecule has 1 aromatic carbocycles. The van der Waals surface area contributed by atoms with E-state index in [0.717, 1.165) is 25.1 Å². The number of hydrogen-bond donors (Lipinski definition) is 0. The van der Waals surface area contributed by atoms with Crippen LogP contribution in [0.4, 0.5) is 0 Å². The van der Waals surface area contributed by atoms with E-state index >= 15 is 0 Å². The van der Waals surface area contributed by atoms with Crippen molar-refractivity contribution in [2.45, 2.75) is 37.1 Å². The first-order valence-corrected chi connectivity index (χ1v) is 10.1. The maximum atomic E-state index is 13.0. The quantitative estimate of drug-likeness (QED) is 0.761. The summed E-state index contributed by atoms with van der Waals surface area (Å²) < 4.78 is 39.9. The number of nitrogens with zero attached hydrogens (tertiary/aromatic N) is 4. The second-order valence-corrected chi connectivity index (χ2v) is 8.10. The van der Waals surface area contributed by atoms with Crippen molar-refractivity contribution in [3.63, 3.8) is 0 Å². The lowest BCUT2D eigenvalue weighted by Gasteiger charge is -2.32. The van der Waals surface area contributed by atoms with Gasteiger partial charge < -0.3 is 14.0 Å². The van der Waals surface area contributed by atoms with Gasteiger partial charge in [-0.25, -0.2) is 8.42 Å². The highest BCUT2D eigenvalue weighted by molar-refractivity contribution is 7.89. The fourth-order valence-electron chi connectivity index (χ4n) is 3.31. The SMILES string of the molecule is CCc1nncn1C1CCN(S(=O)(=O)c2ccc(OC)c(OC)c2)CC1. The normalized spacial score (nSPS) is 16.6. The molecular weight excluding hydrogens is 356 g/mol. The van der Waals surface area contributed by atoms with Crippen LogP contribution in [0.25, 0.3) is 0 Å². The van der Waals surface area contributed by atoms with Gasteiger partial charge in [-0.2, -0.15) is 4.31 Å². The van der Waals surface area contributed by atoms with Crippen molar-refractivity contribution >= 4 is 10.0 Å². The highest BCUT2D eigenvalue weighted by Crippen LogP contribution is 2.32. The van der Waals surface area contributed by atoms with Crippen molar-refractivity contribution in [3.8, 4) is 11.5 Å². The maximum absolute atomic E-state index is 13.0. The van der Waals surface area contributed by atoms with Crippen LogP contribution in [0.2, 0.25) is 0 Å². The molecule has 0 amide bonds. The van der Waals surface area contributed by atoms with Gasteiger partial charge >= 0.3 is 0 Å². The van der Waals surface area contributed by atoms with Gasteiger partial charge in [-0.1, -0.05) is 6.92 Å². The van der Waals surface area contributed by atoms with Crippen molar-refractivity contribution in [1.82, 2.24) is 19.1 Å². The van der Waals surface area contributed by atoms with E-state index in [9.17, 15) is 8.42 Å². The Morgan fingerprint density at radius 3 is 2.46 bits per heavy atom. The minimum absolute atomic E-state index is 0.215. The van der Waals surface area contributed by atoms with Gasteiger partial charge in [-0.3, -0.25) is 0 Å². The Morgan fingerprint density at radius 1 is 1.15 bits per heavy atom. The molecular formula is C17H24N4O4S. The summed E-state index contributed by atoms with van der Waals surface area (Å²) in [7, 11) is -0.560. The molecule has 142 valence electrons. The molecule has 0 aliphatic carbocycles. The Bertz CT molecular complexity index is 857. The zero-order chi connectivity index (χ0) is 18.7. The number of hydrogen-bond acceptors (Lipinski definition) is 6. The molecule has 0 atom stereocenters. The largest absolute Gasteiger partial charge is 0.493 e. The number of methoxy groups -OCH3 is 2. The van der Waals surface area contributed by atoms with Gasteiger partial charge in [0.15, 0.2) is 11.5 Å². The number of benzene rings is 1. The zero-order valence-electron chi connectivity index (χ0n) is 15.3. The highest BCUT2D eigenvalue weighted by Gasteiger charge is 2.31. The van der Waals surface area contributed by atoms with Crippen LogP contribution >= 0.6 is 0 Å². The molecule has 1 aliphatic heterocycles. The Labute approximate surface area is 153 Å². The third-order valence-corrected chi connectivity index (χ3v) is 6.67. The van der Waals surface area contributed by atoms with Gasteiger partial charge in [0, 0.05) is 31.6 Å². The van der Waals surface area contributed by atoms with Crippen LogP contribution in [-0.2, 0) is 16.4 Å². The second-order valence-electron chi connectivity index (χ2n) is 6.16. The predicted octanol–water partition coefficient (Wildman–Crippen LogP) is 1.88. The molecule has 1 fully saturated rings. The molecule has 0 saturated carbocycles. The Balaban J connectivity index is 1.76. The van der Waals surface area contributed by atoms with Crippen LogP contribution < -0.4 is 9.47 Å². The van der Waals surface area contributed by atoms with E-state index < -0.39 is 10.0 Å². The summed E-state index contributed by atoms with van der Waals surface area (Å²) in [6.45, 7) is 2.96. The number of piperidine rings is 1. The molecule has 8 nitrogen and oxygen atoms in total. The molecule has 0 unspecified atom stereocenters. The van der Waals surface area contributed by atoms with E-state index in [2.05, 4.69) is 14.8 Å². The molecule has 2 aromatic rings. The molecule has 1 aromatic heterocycles. The van der Waals surface area contributed by atoms with Gasteiger partial charge in [-0.05, 0) is 25.0 Å². The van der Waals surface area contributed by atoms with Gasteiger partial charge in [0.1, 0.15) is 12.2 Å². The van der Waals surface area contributed by atoms with Crippen LogP contribution in [0, 0.1) is 0 Å². The standard InChI is InChI=1S/C17H24N4O4S/c1-4-17-19-18-12-21(17)13-7-9-20(10-8-13)26(22,23)14-5-6-15(24-2)16(11-14)25-3/h5-6,11-13H,4,7-10H2,1-3H3. The van der Waals surface area contributed by atoms with Gasteiger partial charge in [0.2, 0.25) is 10.0 Å². The summed E-state index contributed by atoms with van der Waals surface area (Å²) in [6, 6.07) is 4.91. The Hall–Kier alpha value is -2.13. The second kappa shape index (κ2) is 7.63. The molecule has 1 saturated heterocycles. The number of rotatable bonds is 6. The molecule has 3 rings (SSSR count). The summed E-state index contributed by atoms with van der Waals surface area (Å²) >= 11 is 0. The van der Waals surface area contributed by atoms with E-state index in [1.54, 1.807) is 18.5 Å². The van der Waals surface area contributed by atoms with E-state index in [-0.39, 0.29) is 10.9 Å². The minimum Gasteiger partial charge on any atom is -0.493 e. The topological polar surface area (TPSA) is 86.6 Å². The van der Waals surface area contributed by atoms with Crippen molar-refractivity contribution in [3.05, 3.63) is 30.4 Å². The summed E-state index contributed by atoms with van der Waals surface area (Å²) in [4.78, 5) is 0.215. The lowest BCUT2D eigenvalue weighted by atomic mass is 10.1. The Morgan fingerprint density at radius 2 is 1.85 bits per heavy atom. The lowest BCUT2D eigenvalue weighted by molar-refractivity contribution is 0.270. The molecule has 1 aliphatic rings. The maximum Gasteiger partial charge on any atom is 0.243 e. The lowest BCUT2D eigenvalue weighted by Crippen LogP contribution is -2.39. The zero-order valence-corrected chi connectivity index (χ0v) is 16.1.